The second kappa shape index (κ2) is 17.4. The molecule has 0 saturated carbocycles. The summed E-state index contributed by atoms with van der Waals surface area (Å²) in [5.41, 5.74) is 1.91. The molecule has 1 heterocycles. The van der Waals surface area contributed by atoms with E-state index in [0.717, 1.165) is 28.8 Å². The van der Waals surface area contributed by atoms with E-state index in [-0.39, 0.29) is 12.4 Å². The van der Waals surface area contributed by atoms with Crippen LogP contribution in [0, 0.1) is 5.92 Å². The zero-order valence-electron chi connectivity index (χ0n) is 21.0. The topological polar surface area (TPSA) is 78.7 Å². The number of nitrogens with zero attached hydrogens (tertiary/aromatic N) is 4. The Kier molecular flexibility index (Phi) is 15.2. The van der Waals surface area contributed by atoms with Crippen molar-refractivity contribution in [2.75, 3.05) is 43.5 Å². The Labute approximate surface area is 203 Å². The van der Waals surface area contributed by atoms with Crippen LogP contribution in [-0.2, 0) is 27.4 Å². The average Bonchev–Trinajstić information content (AvgIpc) is 3.26. The number of aromatic nitrogens is 3. The Balaban J connectivity index is 0.00000265. The standard InChI is InChI=1S/C22H34N4O4S.C2H6/c1-18(2)9-14-31-25(4)21-5-7-22(8-6-21)30-17-20-15-26(24-23-20)10-11-28-12-13-29-16-19(3)27;1-2/h5-8,15,18H,9-14,16-17H2,1-4H3;1-2H3. The molecule has 0 atom stereocenters. The molecule has 0 saturated heterocycles. The van der Waals surface area contributed by atoms with Crippen molar-refractivity contribution in [1.29, 1.82) is 0 Å². The number of Topliss-reactive ketones (excluding diaryl/α,β-unsaturated/α-hetero) is 1. The quantitative estimate of drug-likeness (QED) is 0.254. The second-order valence-electron chi connectivity index (χ2n) is 7.64. The van der Waals surface area contributed by atoms with Gasteiger partial charge >= 0.3 is 0 Å². The minimum absolute atomic E-state index is 0.0109. The number of benzene rings is 1. The molecule has 0 fully saturated rings. The lowest BCUT2D eigenvalue weighted by molar-refractivity contribution is -0.121. The fraction of sp³-hybridized carbons (Fsp3) is 0.625. The molecule has 0 aliphatic rings. The molecule has 0 spiro atoms. The summed E-state index contributed by atoms with van der Waals surface area (Å²) >= 11 is 1.83. The highest BCUT2D eigenvalue weighted by atomic mass is 32.2. The molecule has 1 aromatic carbocycles. The Morgan fingerprint density at radius 2 is 1.82 bits per heavy atom. The van der Waals surface area contributed by atoms with Crippen molar-refractivity contribution in [3.8, 4) is 5.75 Å². The molecular formula is C24H40N4O4S. The maximum absolute atomic E-state index is 10.8. The van der Waals surface area contributed by atoms with Gasteiger partial charge in [-0.25, -0.2) is 4.68 Å². The highest BCUT2D eigenvalue weighted by molar-refractivity contribution is 8.00. The first-order valence-electron chi connectivity index (χ1n) is 11.6. The average molecular weight is 481 g/mol. The van der Waals surface area contributed by atoms with Gasteiger partial charge in [0.25, 0.3) is 0 Å². The molecule has 0 radical (unpaired) electrons. The van der Waals surface area contributed by atoms with E-state index in [9.17, 15) is 4.79 Å². The van der Waals surface area contributed by atoms with Gasteiger partial charge in [-0.2, -0.15) is 0 Å². The van der Waals surface area contributed by atoms with E-state index in [0.29, 0.717) is 33.0 Å². The molecule has 0 unspecified atom stereocenters. The third kappa shape index (κ3) is 13.3. The van der Waals surface area contributed by atoms with E-state index in [4.69, 9.17) is 14.2 Å². The van der Waals surface area contributed by atoms with Crippen molar-refractivity contribution in [3.63, 3.8) is 0 Å². The first-order chi connectivity index (χ1) is 15.9. The Hall–Kier alpha value is -2.10. The van der Waals surface area contributed by atoms with Gasteiger partial charge in [-0.1, -0.05) is 44.9 Å². The van der Waals surface area contributed by atoms with E-state index in [1.807, 2.05) is 44.1 Å². The normalized spacial score (nSPS) is 10.6. The van der Waals surface area contributed by atoms with Gasteiger partial charge in [-0.15, -0.1) is 5.10 Å². The van der Waals surface area contributed by atoms with Crippen molar-refractivity contribution >= 4 is 23.4 Å². The van der Waals surface area contributed by atoms with Crippen LogP contribution < -0.4 is 9.04 Å². The molecule has 2 rings (SSSR count). The van der Waals surface area contributed by atoms with Crippen LogP contribution in [0.4, 0.5) is 5.69 Å². The molecule has 0 N–H and O–H groups in total. The Morgan fingerprint density at radius 3 is 2.48 bits per heavy atom. The maximum atomic E-state index is 10.8. The zero-order chi connectivity index (χ0) is 24.5. The predicted octanol–water partition coefficient (Wildman–Crippen LogP) is 4.64. The molecule has 9 heteroatoms. The van der Waals surface area contributed by atoms with Crippen LogP contribution in [0.1, 0.15) is 46.7 Å². The number of hydrogen-bond donors (Lipinski definition) is 0. The van der Waals surface area contributed by atoms with Crippen molar-refractivity contribution < 1.29 is 19.0 Å². The molecule has 0 amide bonds. The monoisotopic (exact) mass is 480 g/mol. The van der Waals surface area contributed by atoms with Crippen molar-refractivity contribution in [2.45, 2.75) is 54.2 Å². The van der Waals surface area contributed by atoms with E-state index in [1.54, 1.807) is 4.68 Å². The van der Waals surface area contributed by atoms with Crippen LogP contribution in [-0.4, -0.2) is 60.0 Å². The number of carbonyl (C=O) groups is 1. The minimum atomic E-state index is 0.0109. The van der Waals surface area contributed by atoms with E-state index >= 15 is 0 Å². The van der Waals surface area contributed by atoms with Crippen LogP contribution >= 0.6 is 11.9 Å². The van der Waals surface area contributed by atoms with Gasteiger partial charge in [0, 0.05) is 18.5 Å². The summed E-state index contributed by atoms with van der Waals surface area (Å²) in [7, 11) is 2.09. The summed E-state index contributed by atoms with van der Waals surface area (Å²) in [5, 5.41) is 8.22. The summed E-state index contributed by atoms with van der Waals surface area (Å²) in [6.07, 6.45) is 3.06. The lowest BCUT2D eigenvalue weighted by atomic mass is 10.2. The van der Waals surface area contributed by atoms with Gasteiger partial charge in [0.05, 0.1) is 32.6 Å². The van der Waals surface area contributed by atoms with Crippen LogP contribution in [0.25, 0.3) is 0 Å². The van der Waals surface area contributed by atoms with Gasteiger partial charge in [-0.05, 0) is 43.5 Å². The molecule has 0 aliphatic heterocycles. The Morgan fingerprint density at radius 1 is 1.12 bits per heavy atom. The number of ether oxygens (including phenoxy) is 3. The second-order valence-corrected chi connectivity index (χ2v) is 8.85. The zero-order valence-corrected chi connectivity index (χ0v) is 21.8. The summed E-state index contributed by atoms with van der Waals surface area (Å²) in [5.74, 6) is 2.64. The highest BCUT2D eigenvalue weighted by Crippen LogP contribution is 2.24. The number of carbonyl (C=O) groups excluding carboxylic acids is 1. The fourth-order valence-electron chi connectivity index (χ4n) is 2.52. The molecule has 186 valence electrons. The molecule has 1 aromatic heterocycles. The first kappa shape index (κ1) is 28.9. The maximum Gasteiger partial charge on any atom is 0.155 e. The van der Waals surface area contributed by atoms with Crippen LogP contribution in [0.15, 0.2) is 30.5 Å². The van der Waals surface area contributed by atoms with E-state index < -0.39 is 0 Å². The molecule has 0 aliphatic carbocycles. The number of anilines is 1. The number of ketones is 1. The van der Waals surface area contributed by atoms with E-state index in [2.05, 4.69) is 47.6 Å². The minimum Gasteiger partial charge on any atom is -0.487 e. The van der Waals surface area contributed by atoms with Crippen molar-refractivity contribution in [3.05, 3.63) is 36.2 Å². The van der Waals surface area contributed by atoms with Gasteiger partial charge in [-0.3, -0.25) is 4.79 Å². The van der Waals surface area contributed by atoms with Gasteiger partial charge in [0.2, 0.25) is 0 Å². The third-order valence-corrected chi connectivity index (χ3v) is 5.31. The Bertz CT molecular complexity index is 768. The summed E-state index contributed by atoms with van der Waals surface area (Å²) in [6, 6.07) is 8.07. The lowest BCUT2D eigenvalue weighted by Gasteiger charge is -2.18. The van der Waals surface area contributed by atoms with Gasteiger partial charge < -0.3 is 18.5 Å². The third-order valence-electron chi connectivity index (χ3n) is 4.30. The lowest BCUT2D eigenvalue weighted by Crippen LogP contribution is -2.12. The molecule has 2 aromatic rings. The van der Waals surface area contributed by atoms with Gasteiger partial charge in [0.1, 0.15) is 24.7 Å². The largest absolute Gasteiger partial charge is 0.487 e. The first-order valence-corrected chi connectivity index (χ1v) is 12.5. The van der Waals surface area contributed by atoms with Crippen LogP contribution in [0.2, 0.25) is 0 Å². The molecule has 33 heavy (non-hydrogen) atoms. The SMILES string of the molecule is CC.CC(=O)COCCOCCn1cc(COc2ccc(N(C)SCCC(C)C)cc2)nn1. The predicted molar refractivity (Wildman–Crippen MR) is 135 cm³/mol. The molecule has 0 bridgehead atoms. The summed E-state index contributed by atoms with van der Waals surface area (Å²) in [4.78, 5) is 10.8. The number of rotatable bonds is 16. The van der Waals surface area contributed by atoms with E-state index in [1.165, 1.54) is 13.3 Å². The van der Waals surface area contributed by atoms with Crippen LogP contribution in [0.5, 0.6) is 5.75 Å². The molecular weight excluding hydrogens is 440 g/mol. The number of hydrogen-bond acceptors (Lipinski definition) is 8. The van der Waals surface area contributed by atoms with Crippen LogP contribution in [0.3, 0.4) is 0 Å². The smallest absolute Gasteiger partial charge is 0.155 e. The van der Waals surface area contributed by atoms with Crippen molar-refractivity contribution in [1.82, 2.24) is 15.0 Å². The molecule has 8 nitrogen and oxygen atoms in total. The summed E-state index contributed by atoms with van der Waals surface area (Å²) < 4.78 is 20.3. The van der Waals surface area contributed by atoms with Gasteiger partial charge in [0.15, 0.2) is 5.78 Å². The summed E-state index contributed by atoms with van der Waals surface area (Å²) in [6.45, 7) is 12.4. The van der Waals surface area contributed by atoms with Crippen molar-refractivity contribution in [2.24, 2.45) is 5.92 Å². The fourth-order valence-corrected chi connectivity index (χ4v) is 3.64. The highest BCUT2D eigenvalue weighted by Gasteiger charge is 2.05.